The highest BCUT2D eigenvalue weighted by molar-refractivity contribution is 5.91. The molecule has 2 amide bonds. The Morgan fingerprint density at radius 1 is 1.07 bits per heavy atom. The standard InChI is InChI=1S/C36H48N4O5/c1-26-22-40(27(2)25-41)36(43)21-29-20-30(37-35(42)12-9-19-38(3)4)15-18-33(29)45-34(26)24-39(5)23-28-13-16-32(17-14-28)44-31-10-7-6-8-11-31/h6-8,10-11,13-18,20,26-27,34,41H,9,12,19,21-25H2,1-5H3,(H,37,42)/t26-,27-,34+/m1/s1. The molecule has 0 bridgehead atoms. The van der Waals surface area contributed by atoms with Gasteiger partial charge in [0.25, 0.3) is 0 Å². The molecule has 9 nitrogen and oxygen atoms in total. The Morgan fingerprint density at radius 3 is 2.47 bits per heavy atom. The summed E-state index contributed by atoms with van der Waals surface area (Å²) in [6.07, 6.45) is 1.08. The fourth-order valence-corrected chi connectivity index (χ4v) is 5.48. The van der Waals surface area contributed by atoms with Crippen molar-refractivity contribution in [2.75, 3.05) is 52.7 Å². The summed E-state index contributed by atoms with van der Waals surface area (Å²) in [5.74, 6) is 2.08. The summed E-state index contributed by atoms with van der Waals surface area (Å²) in [4.78, 5) is 32.1. The van der Waals surface area contributed by atoms with Crippen LogP contribution in [0.25, 0.3) is 0 Å². The summed E-state index contributed by atoms with van der Waals surface area (Å²) in [6, 6.07) is 23.0. The summed E-state index contributed by atoms with van der Waals surface area (Å²) < 4.78 is 12.6. The number of fused-ring (bicyclic) bond motifs is 1. The first-order chi connectivity index (χ1) is 21.6. The fourth-order valence-electron chi connectivity index (χ4n) is 5.48. The van der Waals surface area contributed by atoms with Crippen molar-refractivity contribution in [3.8, 4) is 17.2 Å². The Kier molecular flexibility index (Phi) is 12.4. The Labute approximate surface area is 267 Å². The van der Waals surface area contributed by atoms with Gasteiger partial charge in [-0.3, -0.25) is 14.5 Å². The van der Waals surface area contributed by atoms with Gasteiger partial charge in [-0.1, -0.05) is 37.3 Å². The number of carbonyl (C=O) groups is 2. The van der Waals surface area contributed by atoms with Crippen molar-refractivity contribution in [1.29, 1.82) is 0 Å². The van der Waals surface area contributed by atoms with Crippen LogP contribution in [-0.2, 0) is 22.6 Å². The van der Waals surface area contributed by atoms with E-state index in [4.69, 9.17) is 9.47 Å². The lowest BCUT2D eigenvalue weighted by Gasteiger charge is -2.34. The molecule has 0 spiro atoms. The van der Waals surface area contributed by atoms with Crippen LogP contribution < -0.4 is 14.8 Å². The molecule has 4 rings (SSSR count). The summed E-state index contributed by atoms with van der Waals surface area (Å²) in [5.41, 5.74) is 2.50. The third kappa shape index (κ3) is 10.3. The van der Waals surface area contributed by atoms with Gasteiger partial charge in [-0.2, -0.15) is 0 Å². The Hall–Kier alpha value is -3.92. The number of aliphatic hydroxyl groups is 1. The number of aliphatic hydroxyl groups excluding tert-OH is 1. The van der Waals surface area contributed by atoms with E-state index in [-0.39, 0.29) is 42.9 Å². The number of carbonyl (C=O) groups excluding carboxylic acids is 2. The maximum atomic E-state index is 13.5. The topological polar surface area (TPSA) is 94.6 Å². The lowest BCUT2D eigenvalue weighted by atomic mass is 10.0. The zero-order valence-corrected chi connectivity index (χ0v) is 27.2. The number of benzene rings is 3. The van der Waals surface area contributed by atoms with Gasteiger partial charge < -0.3 is 29.7 Å². The van der Waals surface area contributed by atoms with E-state index in [0.717, 1.165) is 35.6 Å². The van der Waals surface area contributed by atoms with Crippen LogP contribution in [0.4, 0.5) is 5.69 Å². The quantitative estimate of drug-likeness (QED) is 0.278. The van der Waals surface area contributed by atoms with Gasteiger partial charge in [-0.05, 0) is 89.1 Å². The van der Waals surface area contributed by atoms with Gasteiger partial charge in [-0.15, -0.1) is 0 Å². The lowest BCUT2D eigenvalue weighted by molar-refractivity contribution is -0.134. The number of rotatable bonds is 13. The minimum Gasteiger partial charge on any atom is -0.488 e. The van der Waals surface area contributed by atoms with Crippen LogP contribution in [0.3, 0.4) is 0 Å². The Balaban J connectivity index is 1.48. The SMILES string of the molecule is C[C@@H]1CN([C@H](C)CO)C(=O)Cc2cc(NC(=O)CCCN(C)C)ccc2O[C@H]1CN(C)Cc1ccc(Oc2ccccc2)cc1. The molecule has 1 aliphatic heterocycles. The number of likely N-dealkylation sites (N-methyl/N-ethyl adjacent to an activating group) is 1. The number of nitrogens with one attached hydrogen (secondary N) is 1. The smallest absolute Gasteiger partial charge is 0.227 e. The van der Waals surface area contributed by atoms with Crippen molar-refractivity contribution in [3.05, 3.63) is 83.9 Å². The van der Waals surface area contributed by atoms with Gasteiger partial charge in [-0.25, -0.2) is 0 Å². The highest BCUT2D eigenvalue weighted by Crippen LogP contribution is 2.30. The van der Waals surface area contributed by atoms with Crippen molar-refractivity contribution < 1.29 is 24.2 Å². The predicted molar refractivity (Wildman–Crippen MR) is 178 cm³/mol. The van der Waals surface area contributed by atoms with E-state index >= 15 is 0 Å². The minimum atomic E-state index is -0.323. The molecule has 1 aliphatic rings. The second kappa shape index (κ2) is 16.4. The number of para-hydroxylation sites is 1. The van der Waals surface area contributed by atoms with E-state index < -0.39 is 0 Å². The summed E-state index contributed by atoms with van der Waals surface area (Å²) >= 11 is 0. The summed E-state index contributed by atoms with van der Waals surface area (Å²) in [6.45, 7) is 6.47. The third-order valence-electron chi connectivity index (χ3n) is 8.06. The van der Waals surface area contributed by atoms with E-state index in [1.807, 2.05) is 81.7 Å². The second-order valence-corrected chi connectivity index (χ2v) is 12.4. The average Bonchev–Trinajstić information content (AvgIpc) is 3.05. The van der Waals surface area contributed by atoms with Crippen molar-refractivity contribution in [3.63, 3.8) is 0 Å². The molecule has 0 aliphatic carbocycles. The van der Waals surface area contributed by atoms with Crippen LogP contribution >= 0.6 is 0 Å². The van der Waals surface area contributed by atoms with Crippen molar-refractivity contribution in [2.45, 2.75) is 51.8 Å². The first kappa shape index (κ1) is 34.0. The highest BCUT2D eigenvalue weighted by Gasteiger charge is 2.31. The lowest BCUT2D eigenvalue weighted by Crippen LogP contribution is -2.47. The minimum absolute atomic E-state index is 0.00549. The maximum absolute atomic E-state index is 13.5. The Morgan fingerprint density at radius 2 is 1.78 bits per heavy atom. The molecule has 0 radical (unpaired) electrons. The number of nitrogens with zero attached hydrogens (tertiary/aromatic N) is 3. The second-order valence-electron chi connectivity index (χ2n) is 12.4. The van der Waals surface area contributed by atoms with Gasteiger partial charge >= 0.3 is 0 Å². The van der Waals surface area contributed by atoms with Gasteiger partial charge in [0.05, 0.1) is 19.1 Å². The van der Waals surface area contributed by atoms with Gasteiger partial charge in [0.2, 0.25) is 11.8 Å². The molecule has 0 unspecified atom stereocenters. The van der Waals surface area contributed by atoms with Gasteiger partial charge in [0, 0.05) is 43.2 Å². The number of ether oxygens (including phenoxy) is 2. The summed E-state index contributed by atoms with van der Waals surface area (Å²) in [5, 5.41) is 12.9. The van der Waals surface area contributed by atoms with Crippen molar-refractivity contribution in [1.82, 2.24) is 14.7 Å². The molecular formula is C36H48N4O5. The average molecular weight is 617 g/mol. The number of amides is 2. The largest absolute Gasteiger partial charge is 0.488 e. The molecule has 0 saturated heterocycles. The van der Waals surface area contributed by atoms with Crippen LogP contribution in [0, 0.1) is 5.92 Å². The number of anilines is 1. The first-order valence-corrected chi connectivity index (χ1v) is 15.8. The zero-order valence-electron chi connectivity index (χ0n) is 27.2. The first-order valence-electron chi connectivity index (χ1n) is 15.8. The fraction of sp³-hybridized carbons (Fsp3) is 0.444. The normalized spacial score (nSPS) is 17.6. The van der Waals surface area contributed by atoms with E-state index in [1.54, 1.807) is 4.90 Å². The van der Waals surface area contributed by atoms with Crippen LogP contribution in [-0.4, -0.2) is 91.2 Å². The molecule has 3 atom stereocenters. The monoisotopic (exact) mass is 616 g/mol. The highest BCUT2D eigenvalue weighted by atomic mass is 16.5. The summed E-state index contributed by atoms with van der Waals surface area (Å²) in [7, 11) is 6.03. The molecule has 3 aromatic rings. The molecular weight excluding hydrogens is 568 g/mol. The maximum Gasteiger partial charge on any atom is 0.227 e. The molecule has 0 saturated carbocycles. The van der Waals surface area contributed by atoms with Crippen molar-refractivity contribution in [2.24, 2.45) is 5.92 Å². The van der Waals surface area contributed by atoms with E-state index in [9.17, 15) is 14.7 Å². The van der Waals surface area contributed by atoms with E-state index in [1.165, 1.54) is 0 Å². The van der Waals surface area contributed by atoms with E-state index in [0.29, 0.717) is 37.5 Å². The molecule has 45 heavy (non-hydrogen) atoms. The molecule has 242 valence electrons. The zero-order chi connectivity index (χ0) is 32.3. The Bertz CT molecular complexity index is 1380. The molecule has 1 heterocycles. The van der Waals surface area contributed by atoms with Crippen LogP contribution in [0.5, 0.6) is 17.2 Å². The number of hydrogen-bond acceptors (Lipinski definition) is 7. The van der Waals surface area contributed by atoms with Crippen molar-refractivity contribution >= 4 is 17.5 Å². The molecule has 3 aromatic carbocycles. The van der Waals surface area contributed by atoms with E-state index in [2.05, 4.69) is 41.2 Å². The van der Waals surface area contributed by atoms with Crippen LogP contribution in [0.15, 0.2) is 72.8 Å². The molecule has 2 N–H and O–H groups in total. The van der Waals surface area contributed by atoms with Crippen LogP contribution in [0.2, 0.25) is 0 Å². The van der Waals surface area contributed by atoms with Gasteiger partial charge in [0.1, 0.15) is 23.4 Å². The predicted octanol–water partition coefficient (Wildman–Crippen LogP) is 5.04. The molecule has 0 aromatic heterocycles. The van der Waals surface area contributed by atoms with Crippen LogP contribution in [0.1, 0.15) is 37.8 Å². The van der Waals surface area contributed by atoms with Gasteiger partial charge in [0.15, 0.2) is 0 Å². The molecule has 9 heteroatoms. The number of hydrogen-bond donors (Lipinski definition) is 2. The third-order valence-corrected chi connectivity index (χ3v) is 8.06. The molecule has 0 fully saturated rings.